The van der Waals surface area contributed by atoms with Gasteiger partial charge in [0.1, 0.15) is 0 Å². The predicted molar refractivity (Wildman–Crippen MR) is 105 cm³/mol. The van der Waals surface area contributed by atoms with Gasteiger partial charge in [0, 0.05) is 16.7 Å². The molecule has 0 radical (unpaired) electrons. The van der Waals surface area contributed by atoms with Gasteiger partial charge in [0.25, 0.3) is 0 Å². The molecule has 144 valence electrons. The Bertz CT molecular complexity index is 1000. The van der Waals surface area contributed by atoms with Crippen LogP contribution in [0.15, 0.2) is 53.1 Å². The largest absolute Gasteiger partial charge is 0.493 e. The Hall–Kier alpha value is -3.32. The van der Waals surface area contributed by atoms with Crippen molar-refractivity contribution in [1.82, 2.24) is 15.5 Å². The number of carbonyl (C=O) groups is 1. The Kier molecular flexibility index (Phi) is 6.29. The fourth-order valence-corrected chi connectivity index (χ4v) is 2.62. The molecule has 0 unspecified atom stereocenters. The van der Waals surface area contributed by atoms with Crippen LogP contribution in [0.4, 0.5) is 0 Å². The number of amides is 1. The maximum atomic E-state index is 12.0. The van der Waals surface area contributed by atoms with E-state index in [-0.39, 0.29) is 18.3 Å². The van der Waals surface area contributed by atoms with Gasteiger partial charge in [-0.25, -0.2) is 0 Å². The number of rotatable bonds is 7. The van der Waals surface area contributed by atoms with Crippen molar-refractivity contribution in [3.8, 4) is 22.9 Å². The molecule has 0 aliphatic carbocycles. The molecular weight excluding hydrogens is 382 g/mol. The molecule has 7 nitrogen and oxygen atoms in total. The molecule has 1 N–H and O–H groups in total. The minimum atomic E-state index is -0.300. The first kappa shape index (κ1) is 19.4. The second-order valence-corrected chi connectivity index (χ2v) is 6.06. The van der Waals surface area contributed by atoms with Gasteiger partial charge in [0.2, 0.25) is 17.6 Å². The highest BCUT2D eigenvalue weighted by atomic mass is 35.5. The minimum absolute atomic E-state index is 0.103. The van der Waals surface area contributed by atoms with Crippen LogP contribution in [0.5, 0.6) is 11.5 Å². The first-order valence-electron chi connectivity index (χ1n) is 8.36. The van der Waals surface area contributed by atoms with Crippen molar-refractivity contribution >= 4 is 23.6 Å². The lowest BCUT2D eigenvalue weighted by atomic mass is 10.2. The summed E-state index contributed by atoms with van der Waals surface area (Å²) < 4.78 is 15.7. The van der Waals surface area contributed by atoms with Gasteiger partial charge >= 0.3 is 0 Å². The van der Waals surface area contributed by atoms with Crippen LogP contribution in [0.3, 0.4) is 0 Å². The topological polar surface area (TPSA) is 86.5 Å². The van der Waals surface area contributed by atoms with Crippen LogP contribution in [0, 0.1) is 0 Å². The van der Waals surface area contributed by atoms with Crippen LogP contribution < -0.4 is 14.8 Å². The number of benzene rings is 2. The van der Waals surface area contributed by atoms with E-state index in [4.69, 9.17) is 25.6 Å². The smallest absolute Gasteiger partial charge is 0.246 e. The van der Waals surface area contributed by atoms with E-state index in [1.54, 1.807) is 44.6 Å². The third-order valence-corrected chi connectivity index (χ3v) is 4.19. The Balaban J connectivity index is 1.62. The fraction of sp³-hybridized carbons (Fsp3) is 0.150. The lowest BCUT2D eigenvalue weighted by molar-refractivity contribution is -0.116. The third kappa shape index (κ3) is 4.69. The Morgan fingerprint density at radius 1 is 1.18 bits per heavy atom. The van der Waals surface area contributed by atoms with E-state index < -0.39 is 0 Å². The van der Waals surface area contributed by atoms with Crippen molar-refractivity contribution in [3.63, 3.8) is 0 Å². The molecule has 1 heterocycles. The molecule has 0 atom stereocenters. The summed E-state index contributed by atoms with van der Waals surface area (Å²) in [5, 5.41) is 7.19. The maximum Gasteiger partial charge on any atom is 0.246 e. The second kappa shape index (κ2) is 9.05. The Morgan fingerprint density at radius 2 is 1.96 bits per heavy atom. The van der Waals surface area contributed by atoms with E-state index in [0.717, 1.165) is 5.56 Å². The molecule has 2 aromatic carbocycles. The standard InChI is InChI=1S/C20H18ClN3O4/c1-26-16-9-7-14(11-17(16)27-2)20-23-19(28-24-20)12-22-18(25)10-8-13-5-3-4-6-15(13)21/h3-11H,12H2,1-2H3,(H,22,25)/b10-8+. The van der Waals surface area contributed by atoms with Crippen molar-refractivity contribution in [3.05, 3.63) is 65.0 Å². The number of hydrogen-bond acceptors (Lipinski definition) is 6. The van der Waals surface area contributed by atoms with Gasteiger partial charge in [-0.15, -0.1) is 0 Å². The summed E-state index contributed by atoms with van der Waals surface area (Å²) in [5.74, 6) is 1.53. The van der Waals surface area contributed by atoms with Crippen LogP contribution in [-0.4, -0.2) is 30.3 Å². The number of nitrogens with one attached hydrogen (secondary N) is 1. The zero-order valence-electron chi connectivity index (χ0n) is 15.3. The van der Waals surface area contributed by atoms with E-state index >= 15 is 0 Å². The van der Waals surface area contributed by atoms with E-state index in [2.05, 4.69) is 15.5 Å². The van der Waals surface area contributed by atoms with E-state index in [1.165, 1.54) is 6.08 Å². The number of methoxy groups -OCH3 is 2. The number of hydrogen-bond donors (Lipinski definition) is 1. The van der Waals surface area contributed by atoms with Crippen LogP contribution in [0.25, 0.3) is 17.5 Å². The van der Waals surface area contributed by atoms with Gasteiger partial charge in [0.05, 0.1) is 20.8 Å². The van der Waals surface area contributed by atoms with Gasteiger partial charge in [-0.05, 0) is 35.9 Å². The molecule has 3 aromatic rings. The zero-order chi connectivity index (χ0) is 19.9. The summed E-state index contributed by atoms with van der Waals surface area (Å²) in [6.45, 7) is 0.103. The van der Waals surface area contributed by atoms with Crippen molar-refractivity contribution in [2.75, 3.05) is 14.2 Å². The molecular formula is C20H18ClN3O4. The molecule has 0 aliphatic heterocycles. The van der Waals surface area contributed by atoms with Crippen LogP contribution in [0.2, 0.25) is 5.02 Å². The molecule has 0 bridgehead atoms. The molecule has 0 spiro atoms. The highest BCUT2D eigenvalue weighted by molar-refractivity contribution is 6.32. The molecule has 0 aliphatic rings. The van der Waals surface area contributed by atoms with Crippen molar-refractivity contribution in [2.45, 2.75) is 6.54 Å². The quantitative estimate of drug-likeness (QED) is 0.609. The molecule has 0 saturated heterocycles. The van der Waals surface area contributed by atoms with Gasteiger partial charge in [0.15, 0.2) is 11.5 Å². The molecule has 8 heteroatoms. The van der Waals surface area contributed by atoms with Crippen molar-refractivity contribution in [1.29, 1.82) is 0 Å². The fourth-order valence-electron chi connectivity index (χ4n) is 2.42. The maximum absolute atomic E-state index is 12.0. The molecule has 3 rings (SSSR count). The normalized spacial score (nSPS) is 10.8. The summed E-state index contributed by atoms with van der Waals surface area (Å²) in [6.07, 6.45) is 3.04. The summed E-state index contributed by atoms with van der Waals surface area (Å²) >= 11 is 6.05. The number of ether oxygens (including phenoxy) is 2. The summed E-state index contributed by atoms with van der Waals surface area (Å²) in [4.78, 5) is 16.3. The van der Waals surface area contributed by atoms with Crippen LogP contribution >= 0.6 is 11.6 Å². The van der Waals surface area contributed by atoms with E-state index in [9.17, 15) is 4.79 Å². The average molecular weight is 400 g/mol. The van der Waals surface area contributed by atoms with Gasteiger partial charge in [-0.3, -0.25) is 4.79 Å². The summed E-state index contributed by atoms with van der Waals surface area (Å²) in [5.41, 5.74) is 1.46. The van der Waals surface area contributed by atoms with Crippen LogP contribution in [0.1, 0.15) is 11.5 Å². The highest BCUT2D eigenvalue weighted by Gasteiger charge is 2.12. The summed E-state index contributed by atoms with van der Waals surface area (Å²) in [6, 6.07) is 12.5. The number of carbonyl (C=O) groups excluding carboxylic acids is 1. The second-order valence-electron chi connectivity index (χ2n) is 5.65. The average Bonchev–Trinajstić information content (AvgIpc) is 3.20. The van der Waals surface area contributed by atoms with Crippen LogP contribution in [-0.2, 0) is 11.3 Å². The Morgan fingerprint density at radius 3 is 2.71 bits per heavy atom. The first-order valence-corrected chi connectivity index (χ1v) is 8.74. The van der Waals surface area contributed by atoms with E-state index in [1.807, 2.05) is 18.2 Å². The van der Waals surface area contributed by atoms with Crippen molar-refractivity contribution in [2.24, 2.45) is 0 Å². The lowest BCUT2D eigenvalue weighted by Crippen LogP contribution is -2.20. The lowest BCUT2D eigenvalue weighted by Gasteiger charge is -2.07. The van der Waals surface area contributed by atoms with Gasteiger partial charge in [-0.2, -0.15) is 4.98 Å². The minimum Gasteiger partial charge on any atom is -0.493 e. The van der Waals surface area contributed by atoms with Gasteiger partial charge < -0.3 is 19.3 Å². The third-order valence-electron chi connectivity index (χ3n) is 3.84. The number of halogens is 1. The Labute approximate surface area is 166 Å². The molecule has 1 aromatic heterocycles. The molecule has 0 saturated carbocycles. The highest BCUT2D eigenvalue weighted by Crippen LogP contribution is 2.31. The molecule has 28 heavy (non-hydrogen) atoms. The molecule has 1 amide bonds. The summed E-state index contributed by atoms with van der Waals surface area (Å²) in [7, 11) is 3.11. The van der Waals surface area contributed by atoms with Gasteiger partial charge in [-0.1, -0.05) is 35.0 Å². The SMILES string of the molecule is COc1ccc(-c2noc(CNC(=O)/C=C/c3ccccc3Cl)n2)cc1OC. The molecule has 0 fully saturated rings. The van der Waals surface area contributed by atoms with Crippen molar-refractivity contribution < 1.29 is 18.8 Å². The monoisotopic (exact) mass is 399 g/mol. The van der Waals surface area contributed by atoms with E-state index in [0.29, 0.717) is 27.9 Å². The number of nitrogens with zero attached hydrogens (tertiary/aromatic N) is 2. The zero-order valence-corrected chi connectivity index (χ0v) is 16.1. The first-order chi connectivity index (χ1) is 13.6. The number of aromatic nitrogens is 2. The predicted octanol–water partition coefficient (Wildman–Crippen LogP) is 3.74.